The lowest BCUT2D eigenvalue weighted by atomic mass is 9.97. The maximum absolute atomic E-state index is 5.93. The summed E-state index contributed by atoms with van der Waals surface area (Å²) >= 11 is 0. The summed E-state index contributed by atoms with van der Waals surface area (Å²) in [6, 6.07) is 0.815. The molecule has 5 nitrogen and oxygen atoms in total. The minimum Gasteiger partial charge on any atom is -0.326 e. The van der Waals surface area contributed by atoms with Gasteiger partial charge in [-0.25, -0.2) is 0 Å². The van der Waals surface area contributed by atoms with Crippen LogP contribution in [-0.4, -0.2) is 29.3 Å². The Hall–Kier alpha value is -1.10. The van der Waals surface area contributed by atoms with Gasteiger partial charge in [-0.05, 0) is 19.3 Å². The minimum absolute atomic E-state index is 0.214. The highest BCUT2D eigenvalue weighted by Gasteiger charge is 2.25. The fourth-order valence-corrected chi connectivity index (χ4v) is 1.97. The van der Waals surface area contributed by atoms with E-state index in [0.29, 0.717) is 17.8 Å². The molecule has 1 aromatic rings. The van der Waals surface area contributed by atoms with Gasteiger partial charge in [0.1, 0.15) is 0 Å². The van der Waals surface area contributed by atoms with Crippen LogP contribution in [0.25, 0.3) is 0 Å². The molecule has 2 unspecified atom stereocenters. The van der Waals surface area contributed by atoms with E-state index < -0.39 is 0 Å². The quantitative estimate of drug-likeness (QED) is 0.710. The first-order valence-electron chi connectivity index (χ1n) is 4.96. The zero-order valence-electron chi connectivity index (χ0n) is 8.60. The van der Waals surface area contributed by atoms with E-state index in [4.69, 9.17) is 10.3 Å². The fourth-order valence-electron chi connectivity index (χ4n) is 1.97. The van der Waals surface area contributed by atoms with Gasteiger partial charge in [-0.3, -0.25) is 0 Å². The molecular weight excluding hydrogens is 180 g/mol. The van der Waals surface area contributed by atoms with E-state index in [2.05, 4.69) is 22.0 Å². The number of aryl methyl sites for hydroxylation is 1. The van der Waals surface area contributed by atoms with Gasteiger partial charge in [-0.15, -0.1) is 0 Å². The number of hydrogen-bond donors (Lipinski definition) is 1. The van der Waals surface area contributed by atoms with E-state index >= 15 is 0 Å². The number of nitrogens with zero attached hydrogens (tertiary/aromatic N) is 3. The molecule has 0 spiro atoms. The van der Waals surface area contributed by atoms with Crippen LogP contribution in [0, 0.1) is 12.8 Å². The van der Waals surface area contributed by atoms with E-state index in [-0.39, 0.29) is 6.04 Å². The Morgan fingerprint density at radius 3 is 2.86 bits per heavy atom. The molecule has 1 saturated heterocycles. The average Bonchev–Trinajstić information content (AvgIpc) is 2.50. The van der Waals surface area contributed by atoms with Gasteiger partial charge in [-0.2, -0.15) is 4.98 Å². The van der Waals surface area contributed by atoms with Crippen LogP contribution in [0.2, 0.25) is 0 Å². The Morgan fingerprint density at radius 1 is 1.50 bits per heavy atom. The second-order valence-electron chi connectivity index (χ2n) is 4.13. The van der Waals surface area contributed by atoms with Gasteiger partial charge in [0.25, 0.3) is 0 Å². The lowest BCUT2D eigenvalue weighted by molar-refractivity contribution is 0.354. The molecule has 78 valence electrons. The van der Waals surface area contributed by atoms with Gasteiger partial charge in [0, 0.05) is 19.1 Å². The molecule has 1 aromatic heterocycles. The predicted octanol–water partition coefficient (Wildman–Crippen LogP) is 0.552. The monoisotopic (exact) mass is 196 g/mol. The number of aromatic nitrogens is 2. The van der Waals surface area contributed by atoms with Crippen LogP contribution in [0.4, 0.5) is 6.01 Å². The van der Waals surface area contributed by atoms with Gasteiger partial charge in [-0.1, -0.05) is 12.1 Å². The predicted molar refractivity (Wildman–Crippen MR) is 53.0 cm³/mol. The van der Waals surface area contributed by atoms with Crippen molar-refractivity contribution >= 4 is 6.01 Å². The molecule has 1 aliphatic rings. The van der Waals surface area contributed by atoms with E-state index in [1.807, 2.05) is 6.92 Å². The molecule has 2 heterocycles. The van der Waals surface area contributed by atoms with Gasteiger partial charge in [0.15, 0.2) is 5.82 Å². The third-order valence-electron chi connectivity index (χ3n) is 2.48. The molecule has 2 atom stereocenters. The van der Waals surface area contributed by atoms with Crippen molar-refractivity contribution < 1.29 is 4.52 Å². The smallest absolute Gasteiger partial charge is 0.324 e. The molecule has 2 rings (SSSR count). The number of anilines is 1. The van der Waals surface area contributed by atoms with Crippen LogP contribution in [0.15, 0.2) is 4.52 Å². The Labute approximate surface area is 83.3 Å². The van der Waals surface area contributed by atoms with Crippen LogP contribution in [-0.2, 0) is 0 Å². The van der Waals surface area contributed by atoms with Crippen molar-refractivity contribution in [2.45, 2.75) is 26.3 Å². The lowest BCUT2D eigenvalue weighted by Gasteiger charge is -2.33. The van der Waals surface area contributed by atoms with Crippen molar-refractivity contribution in [2.75, 3.05) is 18.0 Å². The Morgan fingerprint density at radius 2 is 2.29 bits per heavy atom. The molecule has 0 aliphatic carbocycles. The van der Waals surface area contributed by atoms with Crippen LogP contribution < -0.4 is 10.6 Å². The first-order chi connectivity index (χ1) is 6.65. The Kier molecular flexibility index (Phi) is 2.41. The van der Waals surface area contributed by atoms with E-state index in [9.17, 15) is 0 Å². The summed E-state index contributed by atoms with van der Waals surface area (Å²) in [7, 11) is 0. The molecule has 0 saturated carbocycles. The Balaban J connectivity index is 2.10. The molecule has 0 bridgehead atoms. The maximum Gasteiger partial charge on any atom is 0.324 e. The first-order valence-corrected chi connectivity index (χ1v) is 4.96. The molecule has 14 heavy (non-hydrogen) atoms. The summed E-state index contributed by atoms with van der Waals surface area (Å²) in [5, 5.41) is 3.77. The minimum atomic E-state index is 0.214. The zero-order chi connectivity index (χ0) is 10.1. The van der Waals surface area contributed by atoms with Gasteiger partial charge in [0.05, 0.1) is 0 Å². The standard InChI is InChI=1S/C9H16N4O/c1-6-3-8(10)5-13(4-6)9-11-7(2)12-14-9/h6,8H,3-5,10H2,1-2H3. The van der Waals surface area contributed by atoms with E-state index in [0.717, 1.165) is 19.5 Å². The molecular formula is C9H16N4O. The summed E-state index contributed by atoms with van der Waals surface area (Å²) in [6.07, 6.45) is 1.07. The summed E-state index contributed by atoms with van der Waals surface area (Å²) in [6.45, 7) is 5.77. The molecule has 1 fully saturated rings. The third-order valence-corrected chi connectivity index (χ3v) is 2.48. The normalized spacial score (nSPS) is 28.1. The Bertz CT molecular complexity index is 302. The molecule has 2 N–H and O–H groups in total. The van der Waals surface area contributed by atoms with Crippen LogP contribution in [0.5, 0.6) is 0 Å². The molecule has 5 heteroatoms. The largest absolute Gasteiger partial charge is 0.326 e. The van der Waals surface area contributed by atoms with Crippen molar-refractivity contribution in [3.63, 3.8) is 0 Å². The van der Waals surface area contributed by atoms with Crippen LogP contribution >= 0.6 is 0 Å². The third kappa shape index (κ3) is 1.87. The maximum atomic E-state index is 5.93. The average molecular weight is 196 g/mol. The summed E-state index contributed by atoms with van der Waals surface area (Å²) < 4.78 is 5.11. The van der Waals surface area contributed by atoms with Crippen molar-refractivity contribution in [2.24, 2.45) is 11.7 Å². The SMILES string of the molecule is Cc1noc(N2CC(C)CC(N)C2)n1. The number of nitrogens with two attached hydrogens (primary N) is 1. The van der Waals surface area contributed by atoms with Crippen molar-refractivity contribution in [1.82, 2.24) is 10.1 Å². The molecule has 0 radical (unpaired) electrons. The second-order valence-corrected chi connectivity index (χ2v) is 4.13. The van der Waals surface area contributed by atoms with Crippen molar-refractivity contribution in [3.05, 3.63) is 5.82 Å². The van der Waals surface area contributed by atoms with Crippen molar-refractivity contribution in [3.8, 4) is 0 Å². The number of hydrogen-bond acceptors (Lipinski definition) is 5. The van der Waals surface area contributed by atoms with Crippen molar-refractivity contribution in [1.29, 1.82) is 0 Å². The topological polar surface area (TPSA) is 68.2 Å². The summed E-state index contributed by atoms with van der Waals surface area (Å²) in [5.74, 6) is 1.26. The van der Waals surface area contributed by atoms with Gasteiger partial charge < -0.3 is 15.2 Å². The highest BCUT2D eigenvalue weighted by Crippen LogP contribution is 2.20. The number of piperidine rings is 1. The van der Waals surface area contributed by atoms with Crippen LogP contribution in [0.1, 0.15) is 19.2 Å². The summed E-state index contributed by atoms with van der Waals surface area (Å²) in [5.41, 5.74) is 5.93. The number of rotatable bonds is 1. The molecule has 0 aromatic carbocycles. The van der Waals surface area contributed by atoms with Gasteiger partial charge >= 0.3 is 6.01 Å². The molecule has 0 amide bonds. The van der Waals surface area contributed by atoms with Gasteiger partial charge in [0.2, 0.25) is 0 Å². The van der Waals surface area contributed by atoms with E-state index in [1.54, 1.807) is 0 Å². The highest BCUT2D eigenvalue weighted by atomic mass is 16.5. The lowest BCUT2D eigenvalue weighted by Crippen LogP contribution is -2.46. The second kappa shape index (κ2) is 3.57. The summed E-state index contributed by atoms with van der Waals surface area (Å²) in [4.78, 5) is 6.26. The first kappa shape index (κ1) is 9.45. The van der Waals surface area contributed by atoms with E-state index in [1.165, 1.54) is 0 Å². The molecule has 1 aliphatic heterocycles. The zero-order valence-corrected chi connectivity index (χ0v) is 8.60. The van der Waals surface area contributed by atoms with Crippen LogP contribution in [0.3, 0.4) is 0 Å². The fraction of sp³-hybridized carbons (Fsp3) is 0.778. The highest BCUT2D eigenvalue weighted by molar-refractivity contribution is 5.26.